The summed E-state index contributed by atoms with van der Waals surface area (Å²) < 4.78 is 11.0. The molecule has 7 nitrogen and oxygen atoms in total. The van der Waals surface area contributed by atoms with E-state index in [-0.39, 0.29) is 24.4 Å². The molecule has 0 unspecified atom stereocenters. The molecule has 8 heteroatoms. The molecule has 1 saturated heterocycles. The summed E-state index contributed by atoms with van der Waals surface area (Å²) in [6, 6.07) is 3.90. The summed E-state index contributed by atoms with van der Waals surface area (Å²) in [5.41, 5.74) is 3.08. The van der Waals surface area contributed by atoms with Crippen LogP contribution in [0.5, 0.6) is 0 Å². The molecule has 1 aliphatic rings. The van der Waals surface area contributed by atoms with Gasteiger partial charge in [0.1, 0.15) is 11.5 Å². The topological polar surface area (TPSA) is 93.2 Å². The van der Waals surface area contributed by atoms with E-state index >= 15 is 0 Å². The smallest absolute Gasteiger partial charge is 0.259 e. The number of hydrogen-bond donors (Lipinski definition) is 2. The number of nitrogens with zero attached hydrogens (tertiary/aromatic N) is 2. The molecule has 144 valence electrons. The van der Waals surface area contributed by atoms with Gasteiger partial charge in [-0.25, -0.2) is 4.98 Å². The van der Waals surface area contributed by atoms with Gasteiger partial charge in [-0.05, 0) is 58.8 Å². The molecule has 27 heavy (non-hydrogen) atoms. The fourth-order valence-electron chi connectivity index (χ4n) is 3.53. The Hall–Kier alpha value is -2.38. The van der Waals surface area contributed by atoms with Crippen molar-refractivity contribution in [2.75, 3.05) is 13.1 Å². The van der Waals surface area contributed by atoms with Gasteiger partial charge < -0.3 is 19.6 Å². The third kappa shape index (κ3) is 3.70. The van der Waals surface area contributed by atoms with Gasteiger partial charge in [0.25, 0.3) is 11.6 Å². The minimum atomic E-state index is -0.116. The van der Waals surface area contributed by atoms with Gasteiger partial charge in [0, 0.05) is 11.6 Å². The first-order valence-electron chi connectivity index (χ1n) is 8.89. The van der Waals surface area contributed by atoms with E-state index in [4.69, 9.17) is 8.94 Å². The lowest BCUT2D eigenvalue weighted by molar-refractivity contribution is 0.0931. The fraction of sp³-hybridized carbons (Fsp3) is 0.421. The molecule has 3 aromatic rings. The van der Waals surface area contributed by atoms with Crippen LogP contribution >= 0.6 is 12.4 Å². The van der Waals surface area contributed by atoms with Crippen molar-refractivity contribution in [3.8, 4) is 11.3 Å². The van der Waals surface area contributed by atoms with E-state index in [1.807, 2.05) is 26.8 Å². The van der Waals surface area contributed by atoms with Gasteiger partial charge in [-0.15, -0.1) is 12.4 Å². The summed E-state index contributed by atoms with van der Waals surface area (Å²) in [7, 11) is 0. The predicted molar refractivity (Wildman–Crippen MR) is 104 cm³/mol. The molecule has 0 saturated carbocycles. The van der Waals surface area contributed by atoms with Gasteiger partial charge in [0.05, 0.1) is 22.3 Å². The highest BCUT2D eigenvalue weighted by atomic mass is 35.5. The van der Waals surface area contributed by atoms with Gasteiger partial charge in [-0.1, -0.05) is 5.16 Å². The number of piperidine rings is 1. The van der Waals surface area contributed by atoms with Crippen LogP contribution in [0.25, 0.3) is 22.4 Å². The minimum Gasteiger partial charge on any atom is -0.466 e. The van der Waals surface area contributed by atoms with Crippen molar-refractivity contribution in [1.29, 1.82) is 0 Å². The van der Waals surface area contributed by atoms with Crippen LogP contribution in [0.15, 0.2) is 21.1 Å². The van der Waals surface area contributed by atoms with Crippen LogP contribution in [0, 0.1) is 20.8 Å². The third-order valence-corrected chi connectivity index (χ3v) is 4.85. The summed E-state index contributed by atoms with van der Waals surface area (Å²) in [6.07, 6.45) is 1.85. The van der Waals surface area contributed by atoms with Crippen LogP contribution in [-0.2, 0) is 0 Å². The van der Waals surface area contributed by atoms with Crippen LogP contribution in [0.3, 0.4) is 0 Å². The monoisotopic (exact) mass is 390 g/mol. The molecule has 0 bridgehead atoms. The van der Waals surface area contributed by atoms with Crippen molar-refractivity contribution in [3.63, 3.8) is 0 Å². The normalized spacial score (nSPS) is 14.9. The second-order valence-corrected chi connectivity index (χ2v) is 6.83. The molecule has 3 aromatic heterocycles. The molecule has 0 aliphatic carbocycles. The summed E-state index contributed by atoms with van der Waals surface area (Å²) in [5, 5.41) is 11.1. The number of pyridine rings is 1. The average molecular weight is 391 g/mol. The largest absolute Gasteiger partial charge is 0.466 e. The molecule has 0 aromatic carbocycles. The molecular formula is C19H23ClN4O3. The first-order chi connectivity index (χ1) is 12.5. The number of fused-ring (bicyclic) bond motifs is 1. The molecular weight excluding hydrogens is 368 g/mol. The van der Waals surface area contributed by atoms with E-state index in [9.17, 15) is 4.79 Å². The Morgan fingerprint density at radius 1 is 1.22 bits per heavy atom. The number of halogens is 1. The van der Waals surface area contributed by atoms with E-state index in [1.54, 1.807) is 6.07 Å². The quantitative estimate of drug-likeness (QED) is 0.712. The number of carbonyl (C=O) groups excluding carboxylic acids is 1. The van der Waals surface area contributed by atoms with Crippen molar-refractivity contribution < 1.29 is 13.7 Å². The predicted octanol–water partition coefficient (Wildman–Crippen LogP) is 3.31. The summed E-state index contributed by atoms with van der Waals surface area (Å²) in [4.78, 5) is 17.5. The Morgan fingerprint density at radius 3 is 2.63 bits per heavy atom. The number of nitrogens with one attached hydrogen (secondary N) is 2. The maximum atomic E-state index is 13.0. The molecule has 4 heterocycles. The maximum Gasteiger partial charge on any atom is 0.259 e. The highest BCUT2D eigenvalue weighted by Crippen LogP contribution is 2.30. The second-order valence-electron chi connectivity index (χ2n) is 6.83. The zero-order valence-electron chi connectivity index (χ0n) is 15.6. The molecule has 0 radical (unpaired) electrons. The van der Waals surface area contributed by atoms with Gasteiger partial charge in [-0.2, -0.15) is 0 Å². The zero-order valence-corrected chi connectivity index (χ0v) is 16.4. The molecule has 4 rings (SSSR count). The zero-order chi connectivity index (χ0) is 18.3. The Bertz CT molecular complexity index is 973. The first kappa shape index (κ1) is 19.4. The van der Waals surface area contributed by atoms with Gasteiger partial charge >= 0.3 is 0 Å². The minimum absolute atomic E-state index is 0. The number of carbonyl (C=O) groups is 1. The number of furan rings is 1. The fourth-order valence-corrected chi connectivity index (χ4v) is 3.53. The van der Waals surface area contributed by atoms with Gasteiger partial charge in [0.15, 0.2) is 0 Å². The highest BCUT2D eigenvalue weighted by molar-refractivity contribution is 6.07. The van der Waals surface area contributed by atoms with E-state index < -0.39 is 0 Å². The Kier molecular flexibility index (Phi) is 5.53. The van der Waals surface area contributed by atoms with Crippen molar-refractivity contribution >= 4 is 29.4 Å². The molecule has 1 fully saturated rings. The summed E-state index contributed by atoms with van der Waals surface area (Å²) in [5.74, 6) is 1.44. The SMILES string of the molecule is Cc1cc(-c2cc(C(=O)NC3CCNCC3)c3c(C)noc3n2)c(C)o1.Cl. The van der Waals surface area contributed by atoms with Crippen LogP contribution in [0.2, 0.25) is 0 Å². The average Bonchev–Trinajstić information content (AvgIpc) is 3.17. The number of amides is 1. The van der Waals surface area contributed by atoms with Crippen molar-refractivity contribution in [3.05, 3.63) is 34.9 Å². The highest BCUT2D eigenvalue weighted by Gasteiger charge is 2.23. The van der Waals surface area contributed by atoms with E-state index in [0.29, 0.717) is 28.1 Å². The Balaban J connectivity index is 0.00000210. The maximum absolute atomic E-state index is 13.0. The Morgan fingerprint density at radius 2 is 1.96 bits per heavy atom. The van der Waals surface area contributed by atoms with Crippen molar-refractivity contribution in [2.24, 2.45) is 0 Å². The second kappa shape index (κ2) is 7.70. The summed E-state index contributed by atoms with van der Waals surface area (Å²) in [6.45, 7) is 7.43. The van der Waals surface area contributed by atoms with Crippen LogP contribution < -0.4 is 10.6 Å². The van der Waals surface area contributed by atoms with Crippen molar-refractivity contribution in [2.45, 2.75) is 39.7 Å². The number of aromatic nitrogens is 2. The lowest BCUT2D eigenvalue weighted by atomic mass is 10.0. The van der Waals surface area contributed by atoms with Crippen LogP contribution in [0.1, 0.15) is 40.4 Å². The molecule has 0 atom stereocenters. The lowest BCUT2D eigenvalue weighted by Crippen LogP contribution is -2.42. The number of rotatable bonds is 3. The molecule has 1 amide bonds. The first-order valence-corrected chi connectivity index (χ1v) is 8.89. The third-order valence-electron chi connectivity index (χ3n) is 4.85. The van der Waals surface area contributed by atoms with E-state index in [2.05, 4.69) is 20.8 Å². The number of aryl methyl sites for hydroxylation is 3. The van der Waals surface area contributed by atoms with E-state index in [0.717, 1.165) is 43.0 Å². The van der Waals surface area contributed by atoms with Gasteiger partial charge in [-0.3, -0.25) is 4.79 Å². The lowest BCUT2D eigenvalue weighted by Gasteiger charge is -2.23. The van der Waals surface area contributed by atoms with E-state index in [1.165, 1.54) is 0 Å². The van der Waals surface area contributed by atoms with Gasteiger partial charge in [0.2, 0.25) is 0 Å². The Labute approximate surface area is 163 Å². The van der Waals surface area contributed by atoms with Crippen LogP contribution in [-0.4, -0.2) is 35.2 Å². The summed E-state index contributed by atoms with van der Waals surface area (Å²) >= 11 is 0. The molecule has 0 spiro atoms. The van der Waals surface area contributed by atoms with Crippen molar-refractivity contribution in [1.82, 2.24) is 20.8 Å². The molecule has 1 aliphatic heterocycles. The van der Waals surface area contributed by atoms with Crippen LogP contribution in [0.4, 0.5) is 0 Å². The number of hydrogen-bond acceptors (Lipinski definition) is 6. The molecule has 2 N–H and O–H groups in total. The standard InChI is InChI=1S/C19H22N4O3.ClH/c1-10-8-14(12(3)25-10)16-9-15(17-11(2)23-26-19(17)22-16)18(24)21-13-4-6-20-7-5-13;/h8-9,13,20H,4-7H2,1-3H3,(H,21,24);1H.